The van der Waals surface area contributed by atoms with Crippen molar-refractivity contribution in [3.05, 3.63) is 41.5 Å². The van der Waals surface area contributed by atoms with Crippen molar-refractivity contribution in [2.45, 2.75) is 51.0 Å². The Bertz CT molecular complexity index is 705. The molecule has 6 heteroatoms. The highest BCUT2D eigenvalue weighted by molar-refractivity contribution is 5.79. The second-order valence-electron chi connectivity index (χ2n) is 6.36. The second kappa shape index (κ2) is 7.03. The average molecular weight is 329 g/mol. The minimum Gasteiger partial charge on any atom is -0.497 e. The van der Waals surface area contributed by atoms with E-state index < -0.39 is 5.54 Å². The van der Waals surface area contributed by atoms with Gasteiger partial charge >= 0.3 is 0 Å². The first-order valence-corrected chi connectivity index (χ1v) is 8.36. The molecule has 2 aromatic rings. The van der Waals surface area contributed by atoms with Crippen LogP contribution in [-0.4, -0.2) is 23.2 Å². The van der Waals surface area contributed by atoms with Gasteiger partial charge in [-0.25, -0.2) is 0 Å². The molecule has 0 saturated heterocycles. The Kier molecular flexibility index (Phi) is 4.83. The minimum atomic E-state index is -0.508. The number of aryl methyl sites for hydroxylation is 1. The molecule has 24 heavy (non-hydrogen) atoms. The summed E-state index contributed by atoms with van der Waals surface area (Å²) in [5, 5.41) is 7.26. The number of amides is 1. The zero-order chi connectivity index (χ0) is 17.0. The van der Waals surface area contributed by atoms with Crippen LogP contribution in [0.2, 0.25) is 0 Å². The topological polar surface area (TPSA) is 77.2 Å². The molecule has 1 aliphatic carbocycles. The number of hydrogen-bond acceptors (Lipinski definition) is 5. The molecule has 1 saturated carbocycles. The number of ether oxygens (including phenoxy) is 1. The van der Waals surface area contributed by atoms with Gasteiger partial charge in [0.1, 0.15) is 11.3 Å². The molecular weight excluding hydrogens is 306 g/mol. The maximum atomic E-state index is 12.6. The number of nitrogens with zero attached hydrogens (tertiary/aromatic N) is 2. The van der Waals surface area contributed by atoms with Crippen molar-refractivity contribution in [3.63, 3.8) is 0 Å². The van der Waals surface area contributed by atoms with Gasteiger partial charge in [-0.1, -0.05) is 36.6 Å². The Morgan fingerprint density at radius 1 is 1.33 bits per heavy atom. The van der Waals surface area contributed by atoms with Crippen LogP contribution in [0.4, 0.5) is 0 Å². The fourth-order valence-electron chi connectivity index (χ4n) is 3.33. The number of carbonyl (C=O) groups is 1. The summed E-state index contributed by atoms with van der Waals surface area (Å²) in [4.78, 5) is 17.0. The van der Waals surface area contributed by atoms with Crippen molar-refractivity contribution < 1.29 is 14.1 Å². The monoisotopic (exact) mass is 329 g/mol. The SMILES string of the molecule is COc1cccc(CC(=O)NC2(c3noc(C)n3)CCCCC2)c1. The molecular formula is C18H23N3O3. The molecule has 1 N–H and O–H groups in total. The van der Waals surface area contributed by atoms with Crippen LogP contribution in [0.1, 0.15) is 49.4 Å². The lowest BCUT2D eigenvalue weighted by Gasteiger charge is -2.35. The van der Waals surface area contributed by atoms with Crippen molar-refractivity contribution in [2.75, 3.05) is 7.11 Å². The molecule has 0 bridgehead atoms. The molecule has 1 amide bonds. The van der Waals surface area contributed by atoms with Gasteiger partial charge in [-0.15, -0.1) is 0 Å². The van der Waals surface area contributed by atoms with Crippen molar-refractivity contribution in [1.29, 1.82) is 0 Å². The predicted octanol–water partition coefficient (Wildman–Crippen LogP) is 2.90. The van der Waals surface area contributed by atoms with E-state index in [9.17, 15) is 4.79 Å². The van der Waals surface area contributed by atoms with Crippen molar-refractivity contribution in [3.8, 4) is 5.75 Å². The van der Waals surface area contributed by atoms with E-state index in [4.69, 9.17) is 9.26 Å². The molecule has 1 aromatic heterocycles. The molecule has 0 spiro atoms. The Labute approximate surface area is 141 Å². The third-order valence-electron chi connectivity index (χ3n) is 4.54. The normalized spacial score (nSPS) is 16.6. The van der Waals surface area contributed by atoms with Gasteiger partial charge in [0.25, 0.3) is 0 Å². The van der Waals surface area contributed by atoms with E-state index >= 15 is 0 Å². The third-order valence-corrected chi connectivity index (χ3v) is 4.54. The van der Waals surface area contributed by atoms with Crippen LogP contribution >= 0.6 is 0 Å². The Morgan fingerprint density at radius 3 is 2.79 bits per heavy atom. The summed E-state index contributed by atoms with van der Waals surface area (Å²) >= 11 is 0. The first kappa shape index (κ1) is 16.5. The van der Waals surface area contributed by atoms with Gasteiger partial charge in [-0.2, -0.15) is 4.98 Å². The van der Waals surface area contributed by atoms with Gasteiger partial charge in [0, 0.05) is 6.92 Å². The van der Waals surface area contributed by atoms with E-state index in [1.54, 1.807) is 14.0 Å². The van der Waals surface area contributed by atoms with E-state index in [-0.39, 0.29) is 5.91 Å². The first-order valence-electron chi connectivity index (χ1n) is 8.36. The Balaban J connectivity index is 1.76. The highest BCUT2D eigenvalue weighted by Crippen LogP contribution is 2.35. The fourth-order valence-corrected chi connectivity index (χ4v) is 3.33. The van der Waals surface area contributed by atoms with E-state index in [0.717, 1.165) is 37.0 Å². The lowest BCUT2D eigenvalue weighted by atomic mass is 9.80. The van der Waals surface area contributed by atoms with Gasteiger partial charge < -0.3 is 14.6 Å². The molecule has 0 unspecified atom stereocenters. The maximum Gasteiger partial charge on any atom is 0.225 e. The van der Waals surface area contributed by atoms with Gasteiger partial charge in [0.05, 0.1) is 13.5 Å². The molecule has 1 aromatic carbocycles. The fraction of sp³-hybridized carbons (Fsp3) is 0.500. The van der Waals surface area contributed by atoms with Gasteiger partial charge in [-0.05, 0) is 30.5 Å². The molecule has 3 rings (SSSR count). The molecule has 0 aliphatic heterocycles. The molecule has 6 nitrogen and oxygen atoms in total. The molecule has 1 fully saturated rings. The Hall–Kier alpha value is -2.37. The summed E-state index contributed by atoms with van der Waals surface area (Å²) in [5.41, 5.74) is 0.411. The van der Waals surface area contributed by atoms with Crippen LogP contribution < -0.4 is 10.1 Å². The van der Waals surface area contributed by atoms with E-state index in [0.29, 0.717) is 18.1 Å². The highest BCUT2D eigenvalue weighted by Gasteiger charge is 2.39. The number of carbonyl (C=O) groups excluding carboxylic acids is 1. The van der Waals surface area contributed by atoms with Gasteiger partial charge in [0.15, 0.2) is 5.82 Å². The van der Waals surface area contributed by atoms with Gasteiger partial charge in [0.2, 0.25) is 11.8 Å². The first-order chi connectivity index (χ1) is 11.6. The summed E-state index contributed by atoms with van der Waals surface area (Å²) in [5.74, 6) is 1.84. The largest absolute Gasteiger partial charge is 0.497 e. The van der Waals surface area contributed by atoms with E-state index in [1.807, 2.05) is 24.3 Å². The zero-order valence-corrected chi connectivity index (χ0v) is 14.2. The minimum absolute atomic E-state index is 0.0346. The van der Waals surface area contributed by atoms with E-state index in [1.165, 1.54) is 6.42 Å². The van der Waals surface area contributed by atoms with Crippen molar-refractivity contribution >= 4 is 5.91 Å². The van der Waals surface area contributed by atoms with Gasteiger partial charge in [-0.3, -0.25) is 4.79 Å². The number of aromatic nitrogens is 2. The summed E-state index contributed by atoms with van der Waals surface area (Å²) < 4.78 is 10.4. The number of hydrogen-bond donors (Lipinski definition) is 1. The maximum absolute atomic E-state index is 12.6. The van der Waals surface area contributed by atoms with Crippen molar-refractivity contribution in [1.82, 2.24) is 15.5 Å². The van der Waals surface area contributed by atoms with Crippen LogP contribution in [0.25, 0.3) is 0 Å². The Morgan fingerprint density at radius 2 is 2.12 bits per heavy atom. The number of nitrogens with one attached hydrogen (secondary N) is 1. The smallest absolute Gasteiger partial charge is 0.225 e. The third kappa shape index (κ3) is 3.58. The molecule has 128 valence electrons. The van der Waals surface area contributed by atoms with Crippen LogP contribution in [0.5, 0.6) is 5.75 Å². The second-order valence-corrected chi connectivity index (χ2v) is 6.36. The lowest BCUT2D eigenvalue weighted by molar-refractivity contribution is -0.123. The van der Waals surface area contributed by atoms with Crippen molar-refractivity contribution in [2.24, 2.45) is 0 Å². The molecule has 1 heterocycles. The standard InChI is InChI=1S/C18H23N3O3/c1-13-19-17(21-24-13)18(9-4-3-5-10-18)20-16(22)12-14-7-6-8-15(11-14)23-2/h6-8,11H,3-5,9-10,12H2,1-2H3,(H,20,22). The van der Waals surface area contributed by atoms with Crippen LogP contribution in [0, 0.1) is 6.92 Å². The van der Waals surface area contributed by atoms with Crippen LogP contribution in [0.15, 0.2) is 28.8 Å². The molecule has 0 atom stereocenters. The number of methoxy groups -OCH3 is 1. The lowest BCUT2D eigenvalue weighted by Crippen LogP contribution is -2.48. The predicted molar refractivity (Wildman–Crippen MR) is 88.6 cm³/mol. The van der Waals surface area contributed by atoms with E-state index in [2.05, 4.69) is 15.5 Å². The van der Waals surface area contributed by atoms with Crippen LogP contribution in [-0.2, 0) is 16.8 Å². The zero-order valence-electron chi connectivity index (χ0n) is 14.2. The summed E-state index contributed by atoms with van der Waals surface area (Å²) in [6.07, 6.45) is 5.26. The number of rotatable bonds is 5. The summed E-state index contributed by atoms with van der Waals surface area (Å²) in [7, 11) is 1.62. The quantitative estimate of drug-likeness (QED) is 0.912. The summed E-state index contributed by atoms with van der Waals surface area (Å²) in [6, 6.07) is 7.56. The average Bonchev–Trinajstić information content (AvgIpc) is 3.03. The van der Waals surface area contributed by atoms with Crippen LogP contribution in [0.3, 0.4) is 0 Å². The molecule has 1 aliphatic rings. The highest BCUT2D eigenvalue weighted by atomic mass is 16.5. The number of benzene rings is 1. The summed E-state index contributed by atoms with van der Waals surface area (Å²) in [6.45, 7) is 1.77. The molecule has 0 radical (unpaired) electrons.